The van der Waals surface area contributed by atoms with Crippen LogP contribution in [0.2, 0.25) is 0 Å². The van der Waals surface area contributed by atoms with Crippen LogP contribution in [0, 0.1) is 5.92 Å². The summed E-state index contributed by atoms with van der Waals surface area (Å²) in [6, 6.07) is 0. The van der Waals surface area contributed by atoms with Gasteiger partial charge < -0.3 is 5.73 Å². The lowest BCUT2D eigenvalue weighted by Crippen LogP contribution is -1.99. The molecular formula is C11H19N. The number of hydrogen-bond acceptors (Lipinski definition) is 1. The van der Waals surface area contributed by atoms with E-state index in [1.165, 1.54) is 0 Å². The van der Waals surface area contributed by atoms with Gasteiger partial charge in [-0.05, 0) is 31.8 Å². The molecule has 0 aromatic rings. The fourth-order valence-corrected chi connectivity index (χ4v) is 1.00. The molecule has 1 nitrogen and oxygen atoms in total. The van der Waals surface area contributed by atoms with Crippen molar-refractivity contribution in [2.75, 3.05) is 0 Å². The molecule has 0 amide bonds. The SMILES string of the molecule is C=C/C(N)=C/C(CC)C/C=C\C. The largest absolute Gasteiger partial charge is 0.399 e. The lowest BCUT2D eigenvalue weighted by Gasteiger charge is -2.06. The van der Waals surface area contributed by atoms with Gasteiger partial charge in [0.15, 0.2) is 0 Å². The molecule has 0 fully saturated rings. The molecule has 0 heterocycles. The van der Waals surface area contributed by atoms with Crippen LogP contribution >= 0.6 is 0 Å². The first-order valence-electron chi connectivity index (χ1n) is 4.45. The predicted octanol–water partition coefficient (Wildman–Crippen LogP) is 3.01. The molecule has 0 aliphatic rings. The van der Waals surface area contributed by atoms with Gasteiger partial charge in [0.1, 0.15) is 0 Å². The van der Waals surface area contributed by atoms with Crippen LogP contribution in [0.4, 0.5) is 0 Å². The first kappa shape index (κ1) is 11.0. The number of rotatable bonds is 5. The predicted molar refractivity (Wildman–Crippen MR) is 55.7 cm³/mol. The maximum Gasteiger partial charge on any atom is 0.0270 e. The summed E-state index contributed by atoms with van der Waals surface area (Å²) in [7, 11) is 0. The zero-order chi connectivity index (χ0) is 9.40. The highest BCUT2D eigenvalue weighted by molar-refractivity contribution is 5.13. The number of allylic oxidation sites excluding steroid dienone is 4. The highest BCUT2D eigenvalue weighted by Gasteiger charge is 1.99. The molecule has 1 atom stereocenters. The van der Waals surface area contributed by atoms with Gasteiger partial charge in [0.05, 0.1) is 0 Å². The van der Waals surface area contributed by atoms with Gasteiger partial charge in [-0.15, -0.1) is 0 Å². The highest BCUT2D eigenvalue weighted by Crippen LogP contribution is 2.11. The van der Waals surface area contributed by atoms with Crippen molar-refractivity contribution >= 4 is 0 Å². The van der Waals surface area contributed by atoms with Gasteiger partial charge in [-0.2, -0.15) is 0 Å². The van der Waals surface area contributed by atoms with Crippen LogP contribution in [0.3, 0.4) is 0 Å². The van der Waals surface area contributed by atoms with E-state index >= 15 is 0 Å². The zero-order valence-corrected chi connectivity index (χ0v) is 8.09. The van der Waals surface area contributed by atoms with Crippen molar-refractivity contribution in [3.05, 3.63) is 36.6 Å². The first-order valence-corrected chi connectivity index (χ1v) is 4.45. The third-order valence-corrected chi connectivity index (χ3v) is 1.86. The van der Waals surface area contributed by atoms with Crippen LogP contribution in [0.25, 0.3) is 0 Å². The Kier molecular flexibility index (Phi) is 6.16. The fraction of sp³-hybridized carbons (Fsp3) is 0.455. The molecule has 0 radical (unpaired) electrons. The lowest BCUT2D eigenvalue weighted by molar-refractivity contribution is 0.634. The highest BCUT2D eigenvalue weighted by atomic mass is 14.5. The van der Waals surface area contributed by atoms with Gasteiger partial charge in [-0.25, -0.2) is 0 Å². The molecule has 0 rings (SSSR count). The summed E-state index contributed by atoms with van der Waals surface area (Å²) >= 11 is 0. The van der Waals surface area contributed by atoms with Gasteiger partial charge in [-0.3, -0.25) is 0 Å². The van der Waals surface area contributed by atoms with Gasteiger partial charge in [0.2, 0.25) is 0 Å². The minimum Gasteiger partial charge on any atom is -0.399 e. The molecule has 0 spiro atoms. The third kappa shape index (κ3) is 4.78. The monoisotopic (exact) mass is 165 g/mol. The molecule has 68 valence electrons. The van der Waals surface area contributed by atoms with Crippen LogP contribution in [-0.4, -0.2) is 0 Å². The fourth-order valence-electron chi connectivity index (χ4n) is 1.00. The van der Waals surface area contributed by atoms with E-state index in [4.69, 9.17) is 5.73 Å². The Morgan fingerprint density at radius 3 is 2.67 bits per heavy atom. The molecule has 2 N–H and O–H groups in total. The summed E-state index contributed by atoms with van der Waals surface area (Å²) in [5.41, 5.74) is 6.42. The molecule has 0 aromatic heterocycles. The van der Waals surface area contributed by atoms with Crippen molar-refractivity contribution in [3.8, 4) is 0 Å². The van der Waals surface area contributed by atoms with Crippen LogP contribution in [0.5, 0.6) is 0 Å². The maximum atomic E-state index is 5.64. The number of hydrogen-bond donors (Lipinski definition) is 1. The minimum absolute atomic E-state index is 0.555. The Hall–Kier alpha value is -0.980. The minimum atomic E-state index is 0.555. The smallest absolute Gasteiger partial charge is 0.0270 e. The van der Waals surface area contributed by atoms with Crippen molar-refractivity contribution in [1.82, 2.24) is 0 Å². The summed E-state index contributed by atoms with van der Waals surface area (Å²) < 4.78 is 0. The average molecular weight is 165 g/mol. The van der Waals surface area contributed by atoms with Gasteiger partial charge in [-0.1, -0.05) is 31.7 Å². The molecule has 0 aliphatic carbocycles. The molecule has 0 aliphatic heterocycles. The van der Waals surface area contributed by atoms with Crippen LogP contribution in [0.15, 0.2) is 36.6 Å². The standard InChI is InChI=1S/C11H19N/c1-4-7-8-10(5-2)9-11(12)6-3/h4,6-7,9-10H,3,5,8,12H2,1-2H3/b7-4-,11-9-. The molecule has 0 bridgehead atoms. The molecule has 1 heteroatoms. The molecule has 12 heavy (non-hydrogen) atoms. The Morgan fingerprint density at radius 1 is 1.58 bits per heavy atom. The summed E-state index contributed by atoms with van der Waals surface area (Å²) in [5.74, 6) is 0.555. The van der Waals surface area contributed by atoms with E-state index in [0.29, 0.717) is 5.92 Å². The second-order valence-electron chi connectivity index (χ2n) is 2.84. The second-order valence-corrected chi connectivity index (χ2v) is 2.84. The lowest BCUT2D eigenvalue weighted by atomic mass is 10.0. The Bertz CT molecular complexity index is 177. The van der Waals surface area contributed by atoms with E-state index in [-0.39, 0.29) is 0 Å². The molecule has 1 unspecified atom stereocenters. The van der Waals surface area contributed by atoms with E-state index in [0.717, 1.165) is 18.5 Å². The quantitative estimate of drug-likeness (QED) is 0.492. The Morgan fingerprint density at radius 2 is 2.25 bits per heavy atom. The number of nitrogens with two attached hydrogens (primary N) is 1. The first-order chi connectivity index (χ1) is 5.74. The summed E-state index contributed by atoms with van der Waals surface area (Å²) in [4.78, 5) is 0. The van der Waals surface area contributed by atoms with Gasteiger partial charge in [0, 0.05) is 5.70 Å². The Balaban J connectivity index is 4.06. The normalized spacial score (nSPS) is 15.0. The van der Waals surface area contributed by atoms with E-state index in [1.807, 2.05) is 6.92 Å². The molecule has 0 aromatic carbocycles. The topological polar surface area (TPSA) is 26.0 Å². The van der Waals surface area contributed by atoms with Gasteiger partial charge >= 0.3 is 0 Å². The van der Waals surface area contributed by atoms with Crippen molar-refractivity contribution < 1.29 is 0 Å². The van der Waals surface area contributed by atoms with Crippen molar-refractivity contribution in [1.29, 1.82) is 0 Å². The van der Waals surface area contributed by atoms with E-state index in [9.17, 15) is 0 Å². The van der Waals surface area contributed by atoms with Gasteiger partial charge in [0.25, 0.3) is 0 Å². The van der Waals surface area contributed by atoms with Crippen molar-refractivity contribution in [2.24, 2.45) is 11.7 Å². The Labute approximate surface area is 75.7 Å². The summed E-state index contributed by atoms with van der Waals surface area (Å²) in [6.07, 6.45) is 10.2. The second kappa shape index (κ2) is 6.71. The molecule has 0 saturated carbocycles. The van der Waals surface area contributed by atoms with E-state index in [2.05, 4.69) is 31.7 Å². The van der Waals surface area contributed by atoms with Crippen molar-refractivity contribution in [3.63, 3.8) is 0 Å². The maximum absolute atomic E-state index is 5.64. The van der Waals surface area contributed by atoms with Crippen LogP contribution < -0.4 is 5.73 Å². The molecule has 0 saturated heterocycles. The molecular weight excluding hydrogens is 146 g/mol. The van der Waals surface area contributed by atoms with E-state index < -0.39 is 0 Å². The summed E-state index contributed by atoms with van der Waals surface area (Å²) in [5, 5.41) is 0. The van der Waals surface area contributed by atoms with Crippen LogP contribution in [-0.2, 0) is 0 Å². The van der Waals surface area contributed by atoms with Crippen LogP contribution in [0.1, 0.15) is 26.7 Å². The van der Waals surface area contributed by atoms with E-state index in [1.54, 1.807) is 6.08 Å². The summed E-state index contributed by atoms with van der Waals surface area (Å²) in [6.45, 7) is 7.82. The van der Waals surface area contributed by atoms with Crippen molar-refractivity contribution in [2.45, 2.75) is 26.7 Å². The average Bonchev–Trinajstić information content (AvgIpc) is 2.11. The zero-order valence-electron chi connectivity index (χ0n) is 8.09. The third-order valence-electron chi connectivity index (χ3n) is 1.86.